The number of hydrogen-bond donors (Lipinski definition) is 1. The summed E-state index contributed by atoms with van der Waals surface area (Å²) in [5.74, 6) is 1.31. The van der Waals surface area contributed by atoms with Gasteiger partial charge in [0.15, 0.2) is 5.82 Å². The normalized spacial score (nSPS) is 12.9. The van der Waals surface area contributed by atoms with Gasteiger partial charge in [-0.15, -0.1) is 0 Å². The zero-order valence-electron chi connectivity index (χ0n) is 10.7. The first-order valence-corrected chi connectivity index (χ1v) is 6.75. The topological polar surface area (TPSA) is 64.9 Å². The number of hydrogen-bond acceptors (Lipinski definition) is 4. The second-order valence-corrected chi connectivity index (χ2v) is 5.56. The summed E-state index contributed by atoms with van der Waals surface area (Å²) in [5.41, 5.74) is 6.93. The van der Waals surface area contributed by atoms with Gasteiger partial charge in [0.25, 0.3) is 0 Å². The Morgan fingerprint density at radius 3 is 2.63 bits per heavy atom. The van der Waals surface area contributed by atoms with E-state index >= 15 is 0 Å². The quantitative estimate of drug-likeness (QED) is 0.936. The van der Waals surface area contributed by atoms with Crippen LogP contribution < -0.4 is 5.73 Å². The Morgan fingerprint density at radius 1 is 1.26 bits per heavy atom. The molecule has 1 aromatic heterocycles. The summed E-state index contributed by atoms with van der Waals surface area (Å²) in [6.45, 7) is 4.03. The maximum atomic E-state index is 5.96. The molecule has 2 aromatic rings. The molecule has 0 radical (unpaired) electrons. The molecule has 0 spiro atoms. The molecule has 0 aliphatic heterocycles. The summed E-state index contributed by atoms with van der Waals surface area (Å²) in [4.78, 5) is 4.30. The van der Waals surface area contributed by atoms with Crippen LogP contribution in [0.3, 0.4) is 0 Å². The number of rotatable bonds is 4. The standard InChI is InChI=1S/C13H15Cl2N3O/c1-7(2)12(16)13-17-11(19-18-13)6-8-3-4-9(14)10(15)5-8/h3-5,7,12H,6,16H2,1-2H3. The van der Waals surface area contributed by atoms with Gasteiger partial charge < -0.3 is 10.3 Å². The summed E-state index contributed by atoms with van der Waals surface area (Å²) >= 11 is 11.8. The van der Waals surface area contributed by atoms with Crippen LogP contribution in [-0.2, 0) is 6.42 Å². The Balaban J connectivity index is 2.13. The van der Waals surface area contributed by atoms with E-state index in [9.17, 15) is 0 Å². The van der Waals surface area contributed by atoms with Crippen molar-refractivity contribution in [3.05, 3.63) is 45.5 Å². The fourth-order valence-corrected chi connectivity index (χ4v) is 1.92. The molecule has 4 nitrogen and oxygen atoms in total. The molecular weight excluding hydrogens is 285 g/mol. The van der Waals surface area contributed by atoms with Gasteiger partial charge in [-0.05, 0) is 23.6 Å². The average molecular weight is 300 g/mol. The van der Waals surface area contributed by atoms with E-state index in [1.54, 1.807) is 12.1 Å². The minimum absolute atomic E-state index is 0.216. The van der Waals surface area contributed by atoms with Gasteiger partial charge in [-0.2, -0.15) is 4.98 Å². The van der Waals surface area contributed by atoms with E-state index in [0.717, 1.165) is 5.56 Å². The first-order chi connectivity index (χ1) is 8.97. The molecule has 0 saturated heterocycles. The minimum Gasteiger partial charge on any atom is -0.339 e. The van der Waals surface area contributed by atoms with Crippen molar-refractivity contribution in [1.29, 1.82) is 0 Å². The van der Waals surface area contributed by atoms with Gasteiger partial charge in [0.05, 0.1) is 22.5 Å². The summed E-state index contributed by atoms with van der Waals surface area (Å²) in [6.07, 6.45) is 0.509. The smallest absolute Gasteiger partial charge is 0.231 e. The highest BCUT2D eigenvalue weighted by atomic mass is 35.5. The van der Waals surface area contributed by atoms with Gasteiger partial charge in [-0.3, -0.25) is 0 Å². The van der Waals surface area contributed by atoms with Crippen molar-refractivity contribution in [3.63, 3.8) is 0 Å². The monoisotopic (exact) mass is 299 g/mol. The lowest BCUT2D eigenvalue weighted by Crippen LogP contribution is -2.18. The molecule has 0 bridgehead atoms. The van der Waals surface area contributed by atoms with Crippen molar-refractivity contribution in [2.75, 3.05) is 0 Å². The van der Waals surface area contributed by atoms with Crippen LogP contribution in [0, 0.1) is 5.92 Å². The zero-order valence-corrected chi connectivity index (χ0v) is 12.2. The van der Waals surface area contributed by atoms with Crippen LogP contribution in [0.25, 0.3) is 0 Å². The molecule has 19 heavy (non-hydrogen) atoms. The molecule has 0 fully saturated rings. The van der Waals surface area contributed by atoms with Crippen LogP contribution in [0.1, 0.15) is 37.2 Å². The average Bonchev–Trinajstić information content (AvgIpc) is 2.81. The number of nitrogens with two attached hydrogens (primary N) is 1. The molecule has 6 heteroatoms. The Bertz CT molecular complexity index is 569. The van der Waals surface area contributed by atoms with E-state index in [4.69, 9.17) is 33.5 Å². The van der Waals surface area contributed by atoms with Crippen molar-refractivity contribution < 1.29 is 4.52 Å². The third-order valence-electron chi connectivity index (χ3n) is 2.84. The lowest BCUT2D eigenvalue weighted by atomic mass is 10.1. The van der Waals surface area contributed by atoms with Crippen LogP contribution in [0.5, 0.6) is 0 Å². The molecule has 0 saturated carbocycles. The number of benzene rings is 1. The second kappa shape index (κ2) is 5.90. The predicted octanol–water partition coefficient (Wildman–Crippen LogP) is 3.62. The van der Waals surface area contributed by atoms with Crippen molar-refractivity contribution in [3.8, 4) is 0 Å². The zero-order chi connectivity index (χ0) is 14.0. The Morgan fingerprint density at radius 2 is 2.00 bits per heavy atom. The van der Waals surface area contributed by atoms with Crippen LogP contribution in [-0.4, -0.2) is 10.1 Å². The largest absolute Gasteiger partial charge is 0.339 e. The minimum atomic E-state index is -0.216. The second-order valence-electron chi connectivity index (χ2n) is 4.74. The molecule has 0 amide bonds. The highest BCUT2D eigenvalue weighted by Crippen LogP contribution is 2.24. The molecule has 1 aromatic carbocycles. The number of halogens is 2. The van der Waals surface area contributed by atoms with E-state index in [1.807, 2.05) is 19.9 Å². The van der Waals surface area contributed by atoms with Gasteiger partial charge >= 0.3 is 0 Å². The highest BCUT2D eigenvalue weighted by molar-refractivity contribution is 6.42. The highest BCUT2D eigenvalue weighted by Gasteiger charge is 2.17. The van der Waals surface area contributed by atoms with Gasteiger partial charge in [0.2, 0.25) is 5.89 Å². The first kappa shape index (κ1) is 14.3. The van der Waals surface area contributed by atoms with Crippen molar-refractivity contribution in [2.45, 2.75) is 26.3 Å². The number of aromatic nitrogens is 2. The Hall–Kier alpha value is -1.10. The lowest BCUT2D eigenvalue weighted by Gasteiger charge is -2.09. The Kier molecular flexibility index (Phi) is 4.45. The summed E-state index contributed by atoms with van der Waals surface area (Å²) in [6, 6.07) is 5.19. The van der Waals surface area contributed by atoms with Crippen LogP contribution in [0.2, 0.25) is 10.0 Å². The molecule has 0 aliphatic carbocycles. The maximum absolute atomic E-state index is 5.96. The van der Waals surface area contributed by atoms with Crippen molar-refractivity contribution in [2.24, 2.45) is 11.7 Å². The maximum Gasteiger partial charge on any atom is 0.231 e. The predicted molar refractivity (Wildman–Crippen MR) is 75.3 cm³/mol. The molecular formula is C13H15Cl2N3O. The van der Waals surface area contributed by atoms with E-state index in [1.165, 1.54) is 0 Å². The fraction of sp³-hybridized carbons (Fsp3) is 0.385. The molecule has 2 rings (SSSR count). The van der Waals surface area contributed by atoms with Crippen molar-refractivity contribution >= 4 is 23.2 Å². The third-order valence-corrected chi connectivity index (χ3v) is 3.58. The van der Waals surface area contributed by atoms with Gasteiger partial charge in [-0.1, -0.05) is 48.3 Å². The SMILES string of the molecule is CC(C)C(N)c1noc(Cc2ccc(Cl)c(Cl)c2)n1. The lowest BCUT2D eigenvalue weighted by molar-refractivity contribution is 0.368. The van der Waals surface area contributed by atoms with Crippen LogP contribution >= 0.6 is 23.2 Å². The molecule has 0 aliphatic rings. The summed E-state index contributed by atoms with van der Waals surface area (Å²) in [7, 11) is 0. The van der Waals surface area contributed by atoms with E-state index < -0.39 is 0 Å². The van der Waals surface area contributed by atoms with E-state index in [-0.39, 0.29) is 12.0 Å². The van der Waals surface area contributed by atoms with E-state index in [2.05, 4.69) is 10.1 Å². The van der Waals surface area contributed by atoms with Crippen LogP contribution in [0.15, 0.2) is 22.7 Å². The molecule has 102 valence electrons. The Labute approximate surface area is 121 Å². The van der Waals surface area contributed by atoms with E-state index in [0.29, 0.717) is 28.2 Å². The third kappa shape index (κ3) is 3.47. The van der Waals surface area contributed by atoms with Gasteiger partial charge in [-0.25, -0.2) is 0 Å². The van der Waals surface area contributed by atoms with Gasteiger partial charge in [0, 0.05) is 0 Å². The van der Waals surface area contributed by atoms with Crippen LogP contribution in [0.4, 0.5) is 0 Å². The first-order valence-electron chi connectivity index (χ1n) is 5.99. The fourth-order valence-electron chi connectivity index (χ4n) is 1.60. The summed E-state index contributed by atoms with van der Waals surface area (Å²) in [5, 5.41) is 4.94. The van der Waals surface area contributed by atoms with Gasteiger partial charge in [0.1, 0.15) is 0 Å². The molecule has 1 unspecified atom stereocenters. The molecule has 2 N–H and O–H groups in total. The molecule has 1 atom stereocenters. The summed E-state index contributed by atoms with van der Waals surface area (Å²) < 4.78 is 5.19. The number of nitrogens with zero attached hydrogens (tertiary/aromatic N) is 2. The molecule has 1 heterocycles. The van der Waals surface area contributed by atoms with Crippen molar-refractivity contribution in [1.82, 2.24) is 10.1 Å².